The van der Waals surface area contributed by atoms with Crippen molar-refractivity contribution >= 4 is 48.9 Å². The molecule has 0 aromatic heterocycles. The van der Waals surface area contributed by atoms with Crippen molar-refractivity contribution in [2.45, 2.75) is 62.7 Å². The van der Waals surface area contributed by atoms with Crippen LogP contribution in [0.25, 0.3) is 0 Å². The monoisotopic (exact) mass is 480 g/mol. The molecule has 0 spiro atoms. The second-order valence-electron chi connectivity index (χ2n) is 7.06. The van der Waals surface area contributed by atoms with E-state index in [2.05, 4.69) is 41.2 Å². The Labute approximate surface area is 193 Å². The Balaban J connectivity index is 5.11. The van der Waals surface area contributed by atoms with Crippen LogP contribution in [0.4, 0.5) is 0 Å². The molecule has 10 N–H and O–H groups in total. The molecule has 0 radical (unpaired) electrons. The summed E-state index contributed by atoms with van der Waals surface area (Å²) in [5.74, 6) is -2.95. The van der Waals surface area contributed by atoms with Crippen LogP contribution in [0.15, 0.2) is 0 Å². The van der Waals surface area contributed by atoms with Crippen LogP contribution in [0.3, 0.4) is 0 Å². The van der Waals surface area contributed by atoms with E-state index in [1.807, 2.05) is 0 Å². The summed E-state index contributed by atoms with van der Waals surface area (Å²) in [6.45, 7) is 0.852. The molecule has 11 nitrogen and oxygen atoms in total. The highest BCUT2D eigenvalue weighted by atomic mass is 32.1. The van der Waals surface area contributed by atoms with Crippen molar-refractivity contribution in [3.05, 3.63) is 0 Å². The summed E-state index contributed by atoms with van der Waals surface area (Å²) in [5, 5.41) is 16.8. The third-order valence-electron chi connectivity index (χ3n) is 4.49. The van der Waals surface area contributed by atoms with Crippen LogP contribution < -0.4 is 33.2 Å². The molecule has 4 atom stereocenters. The van der Waals surface area contributed by atoms with E-state index in [4.69, 9.17) is 17.2 Å². The largest absolute Gasteiger partial charge is 0.480 e. The minimum absolute atomic E-state index is 0.0632. The number of hydrogen-bond donors (Lipinski definition) is 9. The predicted molar refractivity (Wildman–Crippen MR) is 125 cm³/mol. The number of carboxylic acids is 1. The lowest BCUT2D eigenvalue weighted by molar-refractivity contribution is -0.142. The van der Waals surface area contributed by atoms with E-state index >= 15 is 0 Å². The van der Waals surface area contributed by atoms with Crippen LogP contribution in [-0.4, -0.2) is 77.6 Å². The van der Waals surface area contributed by atoms with Gasteiger partial charge in [0.25, 0.3) is 0 Å². The minimum atomic E-state index is -1.18. The summed E-state index contributed by atoms with van der Waals surface area (Å²) in [6.07, 6.45) is 2.90. The van der Waals surface area contributed by atoms with E-state index in [0.29, 0.717) is 45.2 Å². The Morgan fingerprint density at radius 3 is 1.61 bits per heavy atom. The minimum Gasteiger partial charge on any atom is -0.480 e. The normalized spacial score (nSPS) is 14.7. The maximum atomic E-state index is 12.7. The van der Waals surface area contributed by atoms with Crippen LogP contribution in [0.2, 0.25) is 0 Å². The third kappa shape index (κ3) is 12.2. The highest BCUT2D eigenvalue weighted by Gasteiger charge is 2.29. The Bertz CT molecular complexity index is 584. The van der Waals surface area contributed by atoms with E-state index in [0.717, 1.165) is 0 Å². The van der Waals surface area contributed by atoms with Gasteiger partial charge < -0.3 is 38.3 Å². The van der Waals surface area contributed by atoms with Gasteiger partial charge in [-0.25, -0.2) is 4.79 Å². The molecular formula is C18H36N6O5S2. The molecule has 3 amide bonds. The van der Waals surface area contributed by atoms with Crippen molar-refractivity contribution in [3.63, 3.8) is 0 Å². The number of carbonyl (C=O) groups is 4. The van der Waals surface area contributed by atoms with Gasteiger partial charge in [0.05, 0.1) is 6.04 Å². The molecule has 0 aliphatic heterocycles. The average Bonchev–Trinajstić information content (AvgIpc) is 2.74. The van der Waals surface area contributed by atoms with Gasteiger partial charge in [-0.3, -0.25) is 14.4 Å². The molecule has 0 saturated carbocycles. The highest BCUT2D eigenvalue weighted by molar-refractivity contribution is 7.80. The number of rotatable bonds is 17. The second-order valence-corrected chi connectivity index (χ2v) is 7.79. The van der Waals surface area contributed by atoms with Gasteiger partial charge in [-0.2, -0.15) is 25.3 Å². The number of aliphatic carboxylic acids is 1. The zero-order valence-electron chi connectivity index (χ0n) is 17.6. The van der Waals surface area contributed by atoms with Gasteiger partial charge in [-0.05, 0) is 51.6 Å². The Morgan fingerprint density at radius 1 is 0.710 bits per heavy atom. The fourth-order valence-corrected chi connectivity index (χ4v) is 3.04. The number of unbranched alkanes of at least 4 members (excludes halogenated alkanes) is 2. The molecule has 0 heterocycles. The number of carbonyl (C=O) groups excluding carboxylic acids is 3. The molecule has 0 fully saturated rings. The van der Waals surface area contributed by atoms with Gasteiger partial charge in [0, 0.05) is 11.5 Å². The quantitative estimate of drug-likeness (QED) is 0.0837. The zero-order valence-corrected chi connectivity index (χ0v) is 19.4. The number of thiol groups is 2. The van der Waals surface area contributed by atoms with Crippen LogP contribution >= 0.6 is 25.3 Å². The van der Waals surface area contributed by atoms with Gasteiger partial charge in [0.15, 0.2) is 0 Å². The van der Waals surface area contributed by atoms with Crippen molar-refractivity contribution in [2.75, 3.05) is 24.6 Å². The molecule has 0 saturated heterocycles. The molecule has 0 rings (SSSR count). The first-order chi connectivity index (χ1) is 14.7. The first-order valence-corrected chi connectivity index (χ1v) is 11.5. The Kier molecular flexibility index (Phi) is 16.2. The topological polar surface area (TPSA) is 203 Å². The summed E-state index contributed by atoms with van der Waals surface area (Å²) < 4.78 is 0. The van der Waals surface area contributed by atoms with Gasteiger partial charge in [0.2, 0.25) is 17.7 Å². The Hall–Kier alpha value is -1.54. The van der Waals surface area contributed by atoms with Crippen molar-refractivity contribution in [1.82, 2.24) is 16.0 Å². The average molecular weight is 481 g/mol. The molecule has 180 valence electrons. The van der Waals surface area contributed by atoms with Crippen LogP contribution in [0.1, 0.15) is 38.5 Å². The molecule has 0 bridgehead atoms. The van der Waals surface area contributed by atoms with E-state index in [1.165, 1.54) is 0 Å². The summed E-state index contributed by atoms with van der Waals surface area (Å²) in [5.41, 5.74) is 16.5. The van der Waals surface area contributed by atoms with Gasteiger partial charge in [0.1, 0.15) is 18.1 Å². The first-order valence-electron chi connectivity index (χ1n) is 10.2. The fraction of sp³-hybridized carbons (Fsp3) is 0.778. The van der Waals surface area contributed by atoms with Crippen molar-refractivity contribution in [1.29, 1.82) is 0 Å². The first kappa shape index (κ1) is 29.5. The number of nitrogens with two attached hydrogens (primary N) is 3. The smallest absolute Gasteiger partial charge is 0.326 e. The van der Waals surface area contributed by atoms with Gasteiger partial charge in [-0.1, -0.05) is 0 Å². The summed E-state index contributed by atoms with van der Waals surface area (Å²) in [7, 11) is 0. The van der Waals surface area contributed by atoms with Crippen LogP contribution in [-0.2, 0) is 19.2 Å². The number of nitrogens with one attached hydrogen (secondary N) is 3. The van der Waals surface area contributed by atoms with E-state index in [1.54, 1.807) is 0 Å². The SMILES string of the molecule is NCCCCC(NC(=O)C(CS)NC(=O)C(CCCCN)NC(=O)C(N)CS)C(=O)O. The number of hydrogen-bond acceptors (Lipinski definition) is 9. The van der Waals surface area contributed by atoms with E-state index < -0.39 is 47.9 Å². The molecule has 0 aliphatic rings. The van der Waals surface area contributed by atoms with Crippen LogP contribution in [0, 0.1) is 0 Å². The summed E-state index contributed by atoms with van der Waals surface area (Å²) >= 11 is 8.06. The summed E-state index contributed by atoms with van der Waals surface area (Å²) in [4.78, 5) is 48.7. The van der Waals surface area contributed by atoms with Gasteiger partial charge in [-0.15, -0.1) is 0 Å². The lowest BCUT2D eigenvalue weighted by Gasteiger charge is -2.24. The number of carboxylic acid groups (broad SMARTS) is 1. The maximum Gasteiger partial charge on any atom is 0.326 e. The molecule has 4 unspecified atom stereocenters. The van der Waals surface area contributed by atoms with Crippen LogP contribution in [0.5, 0.6) is 0 Å². The molecular weight excluding hydrogens is 444 g/mol. The predicted octanol–water partition coefficient (Wildman–Crippen LogP) is -2.03. The van der Waals surface area contributed by atoms with E-state index in [-0.39, 0.29) is 17.9 Å². The highest BCUT2D eigenvalue weighted by Crippen LogP contribution is 2.05. The lowest BCUT2D eigenvalue weighted by atomic mass is 10.1. The standard InChI is InChI=1S/C18H36N6O5S2/c19-7-3-1-5-12(22-15(25)11(21)9-30)16(26)24-14(10-31)17(27)23-13(18(28)29)6-2-4-8-20/h11-14,30-31H,1-10,19-21H2,(H,22,25)(H,23,27)(H,24,26)(H,28,29). The molecule has 0 aliphatic carbocycles. The molecule has 13 heteroatoms. The van der Waals surface area contributed by atoms with Crippen molar-refractivity contribution in [3.8, 4) is 0 Å². The van der Waals surface area contributed by atoms with Crippen molar-refractivity contribution in [2.24, 2.45) is 17.2 Å². The van der Waals surface area contributed by atoms with E-state index in [9.17, 15) is 24.3 Å². The molecule has 31 heavy (non-hydrogen) atoms. The lowest BCUT2D eigenvalue weighted by Crippen LogP contribution is -2.57. The maximum absolute atomic E-state index is 12.7. The van der Waals surface area contributed by atoms with Crippen molar-refractivity contribution < 1.29 is 24.3 Å². The fourth-order valence-electron chi connectivity index (χ4n) is 2.61. The Morgan fingerprint density at radius 2 is 1.16 bits per heavy atom. The number of amides is 3. The second kappa shape index (κ2) is 17.1. The summed E-state index contributed by atoms with van der Waals surface area (Å²) in [6, 6.07) is -4.01. The third-order valence-corrected chi connectivity index (χ3v) is 5.25. The molecule has 0 aromatic rings. The zero-order chi connectivity index (χ0) is 23.8. The van der Waals surface area contributed by atoms with Gasteiger partial charge >= 0.3 is 5.97 Å². The molecule has 0 aromatic carbocycles.